The number of hydrogen-bond acceptors (Lipinski definition) is 5. The molecule has 1 aliphatic carbocycles. The number of nitrogens with one attached hydrogen (secondary N) is 1. The Morgan fingerprint density at radius 3 is 2.25 bits per heavy atom. The fourth-order valence-corrected chi connectivity index (χ4v) is 3.04. The van der Waals surface area contributed by atoms with Crippen LogP contribution in [0.1, 0.15) is 12.8 Å². The van der Waals surface area contributed by atoms with E-state index in [0.29, 0.717) is 5.92 Å². The van der Waals surface area contributed by atoms with Gasteiger partial charge in [-0.3, -0.25) is 9.80 Å². The molecule has 1 unspecified atom stereocenters. The molecule has 1 aliphatic heterocycles. The average molecular weight is 279 g/mol. The summed E-state index contributed by atoms with van der Waals surface area (Å²) in [6.07, 6.45) is 2.41. The predicted octanol–water partition coefficient (Wildman–Crippen LogP) is 0.0574. The zero-order valence-corrected chi connectivity index (χ0v) is 13.2. The largest absolute Gasteiger partial charge is 0.308 e. The van der Waals surface area contributed by atoms with Crippen LogP contribution in [0.25, 0.3) is 0 Å². The van der Waals surface area contributed by atoms with Crippen LogP contribution in [0, 0.1) is 17.2 Å². The van der Waals surface area contributed by atoms with Gasteiger partial charge in [-0.2, -0.15) is 5.26 Å². The van der Waals surface area contributed by atoms with Crippen molar-refractivity contribution in [2.24, 2.45) is 5.92 Å². The van der Waals surface area contributed by atoms with Gasteiger partial charge in [-0.15, -0.1) is 0 Å². The van der Waals surface area contributed by atoms with E-state index in [4.69, 9.17) is 0 Å². The quantitative estimate of drug-likeness (QED) is 0.714. The summed E-state index contributed by atoms with van der Waals surface area (Å²) in [7, 11) is 6.19. The summed E-state index contributed by atoms with van der Waals surface area (Å²) >= 11 is 0. The Bertz CT molecular complexity index is 339. The first-order valence-corrected chi connectivity index (χ1v) is 7.79. The number of nitrogens with zero attached hydrogens (tertiary/aromatic N) is 4. The first-order valence-electron chi connectivity index (χ1n) is 7.79. The minimum absolute atomic E-state index is 0.314. The summed E-state index contributed by atoms with van der Waals surface area (Å²) < 4.78 is 0. The summed E-state index contributed by atoms with van der Waals surface area (Å²) in [5.41, 5.74) is -0.314. The highest BCUT2D eigenvalue weighted by Crippen LogP contribution is 2.39. The lowest BCUT2D eigenvalue weighted by Gasteiger charge is -2.39. The van der Waals surface area contributed by atoms with Crippen LogP contribution in [0.2, 0.25) is 0 Å². The van der Waals surface area contributed by atoms with Gasteiger partial charge in [0.05, 0.1) is 6.07 Å². The summed E-state index contributed by atoms with van der Waals surface area (Å²) in [6.45, 7) is 7.59. The van der Waals surface area contributed by atoms with Crippen molar-refractivity contribution in [1.82, 2.24) is 20.0 Å². The normalized spacial score (nSPS) is 24.6. The van der Waals surface area contributed by atoms with Crippen molar-refractivity contribution in [3.05, 3.63) is 0 Å². The maximum Gasteiger partial charge on any atom is 0.122 e. The third-order valence-electron chi connectivity index (χ3n) is 4.72. The molecular weight excluding hydrogens is 250 g/mol. The summed E-state index contributed by atoms with van der Waals surface area (Å²) in [5.74, 6) is 0.560. The number of piperazine rings is 1. The van der Waals surface area contributed by atoms with Crippen LogP contribution in [-0.4, -0.2) is 87.2 Å². The molecule has 0 aromatic carbocycles. The fourth-order valence-electron chi connectivity index (χ4n) is 3.04. The molecule has 0 aromatic rings. The lowest BCUT2D eigenvalue weighted by atomic mass is 9.94. The van der Waals surface area contributed by atoms with Gasteiger partial charge < -0.3 is 10.2 Å². The first-order chi connectivity index (χ1) is 9.59. The van der Waals surface area contributed by atoms with Gasteiger partial charge in [0.2, 0.25) is 0 Å². The van der Waals surface area contributed by atoms with Crippen LogP contribution in [0.15, 0.2) is 0 Å². The second-order valence-corrected chi connectivity index (χ2v) is 6.53. The number of rotatable bonds is 7. The third-order valence-corrected chi connectivity index (χ3v) is 4.72. The first kappa shape index (κ1) is 15.7. The Morgan fingerprint density at radius 1 is 1.20 bits per heavy atom. The van der Waals surface area contributed by atoms with Gasteiger partial charge in [0.15, 0.2) is 0 Å². The van der Waals surface area contributed by atoms with Crippen LogP contribution >= 0.6 is 0 Å². The molecule has 0 amide bonds. The molecule has 0 radical (unpaired) electrons. The van der Waals surface area contributed by atoms with E-state index < -0.39 is 0 Å². The number of hydrogen-bond donors (Lipinski definition) is 1. The molecule has 1 N–H and O–H groups in total. The fraction of sp³-hybridized carbons (Fsp3) is 0.933. The second-order valence-electron chi connectivity index (χ2n) is 6.53. The zero-order chi connectivity index (χ0) is 14.6. The summed E-state index contributed by atoms with van der Waals surface area (Å²) in [5, 5.41) is 12.9. The molecule has 2 rings (SSSR count). The van der Waals surface area contributed by atoms with E-state index in [0.717, 1.165) is 45.8 Å². The van der Waals surface area contributed by atoms with Crippen molar-refractivity contribution in [2.75, 3.05) is 67.0 Å². The van der Waals surface area contributed by atoms with E-state index in [1.165, 1.54) is 12.8 Å². The lowest BCUT2D eigenvalue weighted by Crippen LogP contribution is -2.57. The van der Waals surface area contributed by atoms with Crippen LogP contribution in [0.3, 0.4) is 0 Å². The Kier molecular flexibility index (Phi) is 5.39. The lowest BCUT2D eigenvalue weighted by molar-refractivity contribution is 0.104. The minimum Gasteiger partial charge on any atom is -0.308 e. The molecule has 1 atom stereocenters. The van der Waals surface area contributed by atoms with Gasteiger partial charge in [-0.05, 0) is 39.9 Å². The Hall–Kier alpha value is -0.670. The maximum absolute atomic E-state index is 9.56. The maximum atomic E-state index is 9.56. The zero-order valence-electron chi connectivity index (χ0n) is 13.2. The van der Waals surface area contributed by atoms with Crippen LogP contribution in [0.5, 0.6) is 0 Å². The molecule has 0 bridgehead atoms. The Labute approximate surface area is 123 Å². The molecule has 2 fully saturated rings. The molecule has 5 nitrogen and oxygen atoms in total. The SMILES string of the molecule is CNC(C#N)(CN1CCN(CCN(C)C)CC1)C1CC1. The molecule has 2 aliphatic rings. The highest BCUT2D eigenvalue weighted by Gasteiger charge is 2.45. The van der Waals surface area contributed by atoms with Crippen molar-refractivity contribution in [3.8, 4) is 6.07 Å². The minimum atomic E-state index is -0.314. The molecule has 20 heavy (non-hydrogen) atoms. The van der Waals surface area contributed by atoms with Crippen molar-refractivity contribution >= 4 is 0 Å². The predicted molar refractivity (Wildman–Crippen MR) is 81.6 cm³/mol. The second kappa shape index (κ2) is 6.86. The Balaban J connectivity index is 1.77. The highest BCUT2D eigenvalue weighted by atomic mass is 15.3. The average Bonchev–Trinajstić information content (AvgIpc) is 3.29. The van der Waals surface area contributed by atoms with Gasteiger partial charge in [0.25, 0.3) is 0 Å². The molecule has 114 valence electrons. The van der Waals surface area contributed by atoms with E-state index in [1.807, 2.05) is 7.05 Å². The summed E-state index contributed by atoms with van der Waals surface area (Å²) in [6, 6.07) is 2.55. The van der Waals surface area contributed by atoms with Gasteiger partial charge in [0.1, 0.15) is 5.54 Å². The standard InChI is InChI=1S/C15H29N5/c1-17-15(12-16,14-4-5-14)13-20-10-8-19(9-11-20)7-6-18(2)3/h14,17H,4-11,13H2,1-3H3. The molecular formula is C15H29N5. The number of likely N-dealkylation sites (N-methyl/N-ethyl adjacent to an activating group) is 2. The third kappa shape index (κ3) is 3.92. The smallest absolute Gasteiger partial charge is 0.122 e. The van der Waals surface area contributed by atoms with Gasteiger partial charge in [-0.25, -0.2) is 0 Å². The van der Waals surface area contributed by atoms with E-state index >= 15 is 0 Å². The van der Waals surface area contributed by atoms with E-state index in [-0.39, 0.29) is 5.54 Å². The van der Waals surface area contributed by atoms with Crippen molar-refractivity contribution < 1.29 is 0 Å². The van der Waals surface area contributed by atoms with Crippen molar-refractivity contribution in [1.29, 1.82) is 5.26 Å². The Morgan fingerprint density at radius 2 is 1.80 bits per heavy atom. The van der Waals surface area contributed by atoms with Gasteiger partial charge in [0, 0.05) is 45.8 Å². The van der Waals surface area contributed by atoms with E-state index in [2.05, 4.69) is 40.2 Å². The number of nitriles is 1. The molecule has 1 saturated carbocycles. The monoisotopic (exact) mass is 279 g/mol. The van der Waals surface area contributed by atoms with Crippen LogP contribution in [0.4, 0.5) is 0 Å². The van der Waals surface area contributed by atoms with Crippen molar-refractivity contribution in [3.63, 3.8) is 0 Å². The molecule has 5 heteroatoms. The van der Waals surface area contributed by atoms with Crippen molar-refractivity contribution in [2.45, 2.75) is 18.4 Å². The highest BCUT2D eigenvalue weighted by molar-refractivity contribution is 5.16. The van der Waals surface area contributed by atoms with E-state index in [9.17, 15) is 5.26 Å². The molecule has 1 heterocycles. The van der Waals surface area contributed by atoms with E-state index in [1.54, 1.807) is 0 Å². The molecule has 0 aromatic heterocycles. The van der Waals surface area contributed by atoms with Gasteiger partial charge in [-0.1, -0.05) is 0 Å². The topological polar surface area (TPSA) is 45.5 Å². The van der Waals surface area contributed by atoms with Crippen LogP contribution < -0.4 is 5.32 Å². The molecule has 1 saturated heterocycles. The molecule has 0 spiro atoms. The summed E-state index contributed by atoms with van der Waals surface area (Å²) in [4.78, 5) is 7.23. The van der Waals surface area contributed by atoms with Crippen LogP contribution in [-0.2, 0) is 0 Å². The van der Waals surface area contributed by atoms with Gasteiger partial charge >= 0.3 is 0 Å².